The highest BCUT2D eigenvalue weighted by atomic mass is 35.5. The Labute approximate surface area is 124 Å². The minimum absolute atomic E-state index is 0.590. The van der Waals surface area contributed by atoms with Crippen molar-refractivity contribution < 1.29 is 14.9 Å². The second kappa shape index (κ2) is 5.63. The molecule has 0 bridgehead atoms. The van der Waals surface area contributed by atoms with E-state index in [1.807, 2.05) is 4.98 Å². The summed E-state index contributed by atoms with van der Waals surface area (Å²) in [5, 5.41) is 21.9. The number of aliphatic hydroxyl groups excluding tert-OH is 2. The lowest BCUT2D eigenvalue weighted by atomic mass is 9.90. The summed E-state index contributed by atoms with van der Waals surface area (Å²) < 4.78 is 6.45. The van der Waals surface area contributed by atoms with Crippen molar-refractivity contribution in [3.63, 3.8) is 0 Å². The van der Waals surface area contributed by atoms with Gasteiger partial charge in [-0.05, 0) is 18.5 Å². The average molecular weight is 316 g/mol. The van der Waals surface area contributed by atoms with Gasteiger partial charge in [-0.15, -0.1) is 0 Å². The number of rotatable bonds is 2. The largest absolute Gasteiger partial charge is 0.391 e. The van der Waals surface area contributed by atoms with Gasteiger partial charge in [0.25, 0.3) is 5.56 Å². The van der Waals surface area contributed by atoms with Gasteiger partial charge in [0.2, 0.25) is 0 Å². The number of aliphatic hydroxyl groups is 2. The van der Waals surface area contributed by atoms with Gasteiger partial charge in [-0.2, -0.15) is 0 Å². The Bertz CT molecular complexity index is 703. The highest BCUT2D eigenvalue weighted by Crippen LogP contribution is 2.36. The summed E-state index contributed by atoms with van der Waals surface area (Å²) in [4.78, 5) is 25.0. The van der Waals surface area contributed by atoms with E-state index in [-0.39, 0.29) is 0 Å². The van der Waals surface area contributed by atoms with Crippen LogP contribution in [0.25, 0.3) is 0 Å². The second-order valence-electron chi connectivity index (χ2n) is 4.81. The molecule has 1 unspecified atom stereocenters. The van der Waals surface area contributed by atoms with Gasteiger partial charge < -0.3 is 20.7 Å². The predicted octanol–water partition coefficient (Wildman–Crippen LogP) is -1.93. The molecule has 0 radical (unpaired) electrons. The van der Waals surface area contributed by atoms with Crippen molar-refractivity contribution in [2.75, 3.05) is 0 Å². The van der Waals surface area contributed by atoms with Crippen molar-refractivity contribution in [1.29, 1.82) is 0 Å². The first-order chi connectivity index (χ1) is 9.81. The summed E-state index contributed by atoms with van der Waals surface area (Å²) in [6.07, 6.45) is -3.55. The molecule has 21 heavy (non-hydrogen) atoms. The number of H-pyrrole nitrogens is 1. The van der Waals surface area contributed by atoms with Gasteiger partial charge in [0.15, 0.2) is 11.8 Å². The minimum Gasteiger partial charge on any atom is -0.391 e. The maximum absolute atomic E-state index is 11.8. The highest BCUT2D eigenvalue weighted by Gasteiger charge is 2.55. The van der Waals surface area contributed by atoms with Crippen LogP contribution >= 0.6 is 11.6 Å². The van der Waals surface area contributed by atoms with Crippen molar-refractivity contribution in [3.05, 3.63) is 33.1 Å². The molecule has 0 aliphatic carbocycles. The zero-order valence-electron chi connectivity index (χ0n) is 11.0. The van der Waals surface area contributed by atoms with Crippen molar-refractivity contribution in [1.82, 2.24) is 9.55 Å². The van der Waals surface area contributed by atoms with E-state index in [0.29, 0.717) is 0 Å². The van der Waals surface area contributed by atoms with Crippen LogP contribution in [-0.2, 0) is 4.74 Å². The summed E-state index contributed by atoms with van der Waals surface area (Å²) >= 11 is 5.37. The highest BCUT2D eigenvalue weighted by molar-refractivity contribution is 6.30. The number of ether oxygens (including phenoxy) is 1. The number of nitrogens with two attached hydrogens (primary N) is 1. The molecular weight excluding hydrogens is 302 g/mol. The molecule has 1 aromatic rings. The predicted molar refractivity (Wildman–Crippen MR) is 73.5 cm³/mol. The van der Waals surface area contributed by atoms with Gasteiger partial charge in [0.05, 0.1) is 6.10 Å². The van der Waals surface area contributed by atoms with Crippen molar-refractivity contribution in [2.45, 2.75) is 37.0 Å². The Balaban J connectivity index is 2.56. The molecule has 9 heteroatoms. The Hall–Kier alpha value is -1.63. The van der Waals surface area contributed by atoms with Crippen molar-refractivity contribution in [2.24, 2.45) is 5.73 Å². The van der Waals surface area contributed by atoms with E-state index in [4.69, 9.17) is 22.1 Å². The first-order valence-corrected chi connectivity index (χ1v) is 6.44. The normalized spacial score (nSPS) is 33.3. The van der Waals surface area contributed by atoms with Crippen LogP contribution in [0, 0.1) is 11.3 Å². The van der Waals surface area contributed by atoms with E-state index in [0.717, 1.165) is 10.6 Å². The van der Waals surface area contributed by atoms with Crippen LogP contribution in [0.5, 0.6) is 0 Å². The first kappa shape index (κ1) is 15.8. The molecule has 1 saturated heterocycles. The SMILES string of the molecule is C[C@H](O)[C@H]1O[C@@H](n2ccc(=O)[nH]c2=O)[C@@](N)(C#CCl)C1O. The lowest BCUT2D eigenvalue weighted by Gasteiger charge is -2.27. The standard InChI is InChI=1S/C12H14ClN3O5/c1-6(17)8-9(19)12(14,3-4-13)10(21-8)16-5-2-7(18)15-11(16)20/h2,5-6,8-10,17,19H,14H2,1H3,(H,15,18,20)/t6-,8+,9?,10+,12+/m0/s1. The topological polar surface area (TPSA) is 131 Å². The van der Waals surface area contributed by atoms with Crippen LogP contribution in [0.15, 0.2) is 21.9 Å². The van der Waals surface area contributed by atoms with E-state index in [1.165, 1.54) is 13.1 Å². The molecule has 0 amide bonds. The molecule has 0 aromatic carbocycles. The smallest absolute Gasteiger partial charge is 0.330 e. The lowest BCUT2D eigenvalue weighted by molar-refractivity contribution is -0.0778. The summed E-state index contributed by atoms with van der Waals surface area (Å²) in [5.41, 5.74) is 2.94. The fourth-order valence-corrected chi connectivity index (χ4v) is 2.42. The van der Waals surface area contributed by atoms with E-state index in [2.05, 4.69) is 11.3 Å². The molecule has 1 fully saturated rings. The summed E-state index contributed by atoms with van der Waals surface area (Å²) in [7, 11) is 0. The van der Waals surface area contributed by atoms with Crippen molar-refractivity contribution >= 4 is 11.6 Å². The zero-order chi connectivity index (χ0) is 15.8. The molecule has 1 aliphatic heterocycles. The van der Waals surface area contributed by atoms with Crippen LogP contribution in [0.3, 0.4) is 0 Å². The van der Waals surface area contributed by atoms with E-state index in [1.54, 1.807) is 0 Å². The number of hydrogen-bond donors (Lipinski definition) is 4. The molecule has 8 nitrogen and oxygen atoms in total. The van der Waals surface area contributed by atoms with Gasteiger partial charge >= 0.3 is 5.69 Å². The number of hydrogen-bond acceptors (Lipinski definition) is 6. The number of aromatic amines is 1. The van der Waals surface area contributed by atoms with Crippen molar-refractivity contribution in [3.8, 4) is 11.3 Å². The van der Waals surface area contributed by atoms with Crippen LogP contribution in [0.4, 0.5) is 0 Å². The Kier molecular flexibility index (Phi) is 4.22. The molecular formula is C12H14ClN3O5. The minimum atomic E-state index is -1.72. The van der Waals surface area contributed by atoms with E-state index >= 15 is 0 Å². The third kappa shape index (κ3) is 2.62. The summed E-state index contributed by atoms with van der Waals surface area (Å²) in [6.45, 7) is 1.40. The Morgan fingerprint density at radius 2 is 2.29 bits per heavy atom. The second-order valence-corrected chi connectivity index (χ2v) is 5.00. The lowest BCUT2D eigenvalue weighted by Crippen LogP contribution is -2.55. The van der Waals surface area contributed by atoms with Gasteiger partial charge in [-0.25, -0.2) is 4.79 Å². The van der Waals surface area contributed by atoms with E-state index < -0.39 is 41.3 Å². The van der Waals surface area contributed by atoms with Gasteiger partial charge in [0, 0.05) is 17.6 Å². The fourth-order valence-electron chi connectivity index (χ4n) is 2.26. The number of halogens is 1. The fraction of sp³-hybridized carbons (Fsp3) is 0.500. The summed E-state index contributed by atoms with van der Waals surface area (Å²) in [6, 6.07) is 1.10. The molecule has 0 spiro atoms. The maximum atomic E-state index is 11.8. The third-order valence-electron chi connectivity index (χ3n) is 3.34. The maximum Gasteiger partial charge on any atom is 0.330 e. The van der Waals surface area contributed by atoms with Gasteiger partial charge in [-0.1, -0.05) is 5.92 Å². The molecule has 114 valence electrons. The molecule has 2 rings (SSSR count). The number of aromatic nitrogens is 2. The molecule has 5 N–H and O–H groups in total. The van der Waals surface area contributed by atoms with Crippen LogP contribution in [0.1, 0.15) is 13.2 Å². The van der Waals surface area contributed by atoms with E-state index in [9.17, 15) is 19.8 Å². The van der Waals surface area contributed by atoms with Crippen LogP contribution in [-0.4, -0.2) is 43.6 Å². The van der Waals surface area contributed by atoms with Gasteiger partial charge in [-0.3, -0.25) is 14.3 Å². The molecule has 5 atom stereocenters. The molecule has 2 heterocycles. The Morgan fingerprint density at radius 3 is 2.81 bits per heavy atom. The Morgan fingerprint density at radius 1 is 1.62 bits per heavy atom. The summed E-state index contributed by atoms with van der Waals surface area (Å²) in [5.74, 6) is 2.40. The first-order valence-electron chi connectivity index (χ1n) is 6.06. The third-order valence-corrected chi connectivity index (χ3v) is 3.43. The molecule has 0 saturated carbocycles. The zero-order valence-corrected chi connectivity index (χ0v) is 11.7. The number of nitrogens with zero attached hydrogens (tertiary/aromatic N) is 1. The average Bonchev–Trinajstić information content (AvgIpc) is 2.64. The van der Waals surface area contributed by atoms with Gasteiger partial charge in [0.1, 0.15) is 12.2 Å². The molecule has 1 aromatic heterocycles. The van der Waals surface area contributed by atoms with Crippen LogP contribution in [0.2, 0.25) is 0 Å². The van der Waals surface area contributed by atoms with Crippen LogP contribution < -0.4 is 17.0 Å². The quantitative estimate of drug-likeness (QED) is 0.470. The number of nitrogens with one attached hydrogen (secondary N) is 1. The molecule has 1 aliphatic rings. The monoisotopic (exact) mass is 315 g/mol.